The van der Waals surface area contributed by atoms with Gasteiger partial charge in [0.2, 0.25) is 0 Å². The number of aliphatic hydroxyl groups excluding tert-OH is 1. The summed E-state index contributed by atoms with van der Waals surface area (Å²) in [6.07, 6.45) is 0. The van der Waals surface area contributed by atoms with Crippen LogP contribution in [0.5, 0.6) is 0 Å². The van der Waals surface area contributed by atoms with E-state index < -0.39 is 0 Å². The van der Waals surface area contributed by atoms with Crippen molar-refractivity contribution in [1.82, 2.24) is 0 Å². The molecule has 0 aliphatic rings. The van der Waals surface area contributed by atoms with E-state index in [-0.39, 0.29) is 12.5 Å². The van der Waals surface area contributed by atoms with Gasteiger partial charge in [0.05, 0.1) is 11.6 Å². The fourth-order valence-corrected chi connectivity index (χ4v) is 1.80. The number of hydrogen-bond acceptors (Lipinski definition) is 2. The van der Waals surface area contributed by atoms with Crippen LogP contribution >= 0.6 is 22.6 Å². The summed E-state index contributed by atoms with van der Waals surface area (Å²) in [5.41, 5.74) is 1.54. The Labute approximate surface area is 91.3 Å². The highest BCUT2D eigenvalue weighted by atomic mass is 127. The minimum Gasteiger partial charge on any atom is -0.396 e. The Kier molecular flexibility index (Phi) is 3.70. The Morgan fingerprint density at radius 3 is 2.85 bits per heavy atom. The maximum atomic E-state index is 8.93. The molecule has 2 nitrogen and oxygen atoms in total. The molecule has 1 aromatic carbocycles. The number of benzene rings is 1. The summed E-state index contributed by atoms with van der Waals surface area (Å²) in [5.74, 6) is -0.153. The molecule has 0 heterocycles. The quantitative estimate of drug-likeness (QED) is 0.846. The molecular formula is C10H9INO. The number of hydrogen-bond donors (Lipinski definition) is 1. The number of rotatable bonds is 2. The van der Waals surface area contributed by atoms with Crippen molar-refractivity contribution in [1.29, 1.82) is 5.26 Å². The lowest BCUT2D eigenvalue weighted by molar-refractivity contribution is 0.282. The van der Waals surface area contributed by atoms with Crippen molar-refractivity contribution in [2.75, 3.05) is 6.61 Å². The van der Waals surface area contributed by atoms with Crippen LogP contribution in [0.25, 0.3) is 0 Å². The Balaban J connectivity index is 3.12. The monoisotopic (exact) mass is 286 g/mol. The van der Waals surface area contributed by atoms with Crippen LogP contribution in [0.3, 0.4) is 0 Å². The Morgan fingerprint density at radius 1 is 1.62 bits per heavy atom. The van der Waals surface area contributed by atoms with E-state index in [1.54, 1.807) is 12.1 Å². The molecule has 0 bridgehead atoms. The van der Waals surface area contributed by atoms with Crippen molar-refractivity contribution < 1.29 is 5.11 Å². The molecule has 3 heteroatoms. The SMILES string of the molecule is [CH2]C(CO)c1cc(C#N)ccc1I. The normalized spacial score (nSPS) is 12.2. The van der Waals surface area contributed by atoms with Crippen molar-refractivity contribution in [3.05, 3.63) is 39.8 Å². The van der Waals surface area contributed by atoms with Crippen molar-refractivity contribution in [2.24, 2.45) is 0 Å². The Bertz CT molecular complexity index is 343. The molecule has 0 spiro atoms. The van der Waals surface area contributed by atoms with E-state index in [0.29, 0.717) is 5.56 Å². The van der Waals surface area contributed by atoms with Crippen LogP contribution < -0.4 is 0 Å². The number of nitriles is 1. The number of aliphatic hydroxyl groups is 1. The van der Waals surface area contributed by atoms with Gasteiger partial charge in [-0.2, -0.15) is 5.26 Å². The van der Waals surface area contributed by atoms with Gasteiger partial charge in [0, 0.05) is 16.1 Å². The second-order valence-electron chi connectivity index (χ2n) is 2.73. The predicted octanol–water partition coefficient (Wildman–Crippen LogP) is 2.07. The lowest BCUT2D eigenvalue weighted by atomic mass is 10.0. The highest BCUT2D eigenvalue weighted by molar-refractivity contribution is 14.1. The summed E-state index contributed by atoms with van der Waals surface area (Å²) in [7, 11) is 0. The molecule has 0 amide bonds. The van der Waals surface area contributed by atoms with Crippen molar-refractivity contribution in [2.45, 2.75) is 5.92 Å². The van der Waals surface area contributed by atoms with Crippen LogP contribution in [0.2, 0.25) is 0 Å². The average Bonchev–Trinajstić information content (AvgIpc) is 2.17. The first-order valence-corrected chi connectivity index (χ1v) is 4.90. The first-order valence-electron chi connectivity index (χ1n) is 3.82. The molecule has 0 aromatic heterocycles. The molecule has 1 unspecified atom stereocenters. The fraction of sp³-hybridized carbons (Fsp3) is 0.200. The second kappa shape index (κ2) is 4.58. The van der Waals surface area contributed by atoms with Crippen LogP contribution in [-0.4, -0.2) is 11.7 Å². The number of nitrogens with zero attached hydrogens (tertiary/aromatic N) is 1. The van der Waals surface area contributed by atoms with Gasteiger partial charge in [-0.1, -0.05) is 0 Å². The van der Waals surface area contributed by atoms with Gasteiger partial charge >= 0.3 is 0 Å². The summed E-state index contributed by atoms with van der Waals surface area (Å²) < 4.78 is 1.03. The standard InChI is InChI=1S/C10H9INO/c1-7(6-13)9-4-8(5-12)2-3-10(9)11/h2-4,7,13H,1,6H2. The minimum atomic E-state index is -0.153. The van der Waals surface area contributed by atoms with Crippen LogP contribution in [0, 0.1) is 21.8 Å². The number of halogens is 1. The molecule has 1 atom stereocenters. The van der Waals surface area contributed by atoms with E-state index in [2.05, 4.69) is 35.6 Å². The lowest BCUT2D eigenvalue weighted by Crippen LogP contribution is -2.02. The molecular weight excluding hydrogens is 277 g/mol. The molecule has 1 radical (unpaired) electrons. The Hall–Kier alpha value is -0.600. The minimum absolute atomic E-state index is 0.00484. The van der Waals surface area contributed by atoms with Gasteiger partial charge in [-0.05, 0) is 53.3 Å². The van der Waals surface area contributed by atoms with E-state index in [1.165, 1.54) is 0 Å². The highest BCUT2D eigenvalue weighted by Crippen LogP contribution is 2.22. The van der Waals surface area contributed by atoms with E-state index in [1.807, 2.05) is 6.07 Å². The third-order valence-electron chi connectivity index (χ3n) is 1.79. The molecule has 1 N–H and O–H groups in total. The maximum absolute atomic E-state index is 8.93. The topological polar surface area (TPSA) is 44.0 Å². The zero-order valence-electron chi connectivity index (χ0n) is 7.00. The van der Waals surface area contributed by atoms with Gasteiger partial charge in [-0.3, -0.25) is 0 Å². The summed E-state index contributed by atoms with van der Waals surface area (Å²) in [6, 6.07) is 7.46. The van der Waals surface area contributed by atoms with Gasteiger partial charge in [0.25, 0.3) is 0 Å². The van der Waals surface area contributed by atoms with E-state index in [9.17, 15) is 0 Å². The van der Waals surface area contributed by atoms with Gasteiger partial charge in [0.15, 0.2) is 0 Å². The smallest absolute Gasteiger partial charge is 0.0991 e. The average molecular weight is 286 g/mol. The summed E-state index contributed by atoms with van der Waals surface area (Å²) >= 11 is 2.17. The van der Waals surface area contributed by atoms with Crippen molar-refractivity contribution >= 4 is 22.6 Å². The van der Waals surface area contributed by atoms with Crippen molar-refractivity contribution in [3.8, 4) is 6.07 Å². The zero-order valence-corrected chi connectivity index (χ0v) is 9.15. The lowest BCUT2D eigenvalue weighted by Gasteiger charge is -2.10. The Morgan fingerprint density at radius 2 is 2.31 bits per heavy atom. The molecule has 0 aliphatic heterocycles. The molecule has 1 rings (SSSR count). The van der Waals surface area contributed by atoms with E-state index in [0.717, 1.165) is 9.13 Å². The summed E-state index contributed by atoms with van der Waals surface area (Å²) in [4.78, 5) is 0. The first-order chi connectivity index (χ1) is 6.19. The molecule has 0 saturated heterocycles. The van der Waals surface area contributed by atoms with Crippen molar-refractivity contribution in [3.63, 3.8) is 0 Å². The van der Waals surface area contributed by atoms with Crippen LogP contribution in [0.4, 0.5) is 0 Å². The predicted molar refractivity (Wildman–Crippen MR) is 59.1 cm³/mol. The molecule has 13 heavy (non-hydrogen) atoms. The van der Waals surface area contributed by atoms with Gasteiger partial charge in [-0.25, -0.2) is 0 Å². The third kappa shape index (κ3) is 2.42. The first kappa shape index (κ1) is 10.5. The van der Waals surface area contributed by atoms with Gasteiger partial charge < -0.3 is 5.11 Å². The van der Waals surface area contributed by atoms with E-state index in [4.69, 9.17) is 10.4 Å². The largest absolute Gasteiger partial charge is 0.396 e. The van der Waals surface area contributed by atoms with Crippen LogP contribution in [-0.2, 0) is 0 Å². The fourth-order valence-electron chi connectivity index (χ4n) is 1.02. The second-order valence-corrected chi connectivity index (χ2v) is 3.89. The maximum Gasteiger partial charge on any atom is 0.0991 e. The summed E-state index contributed by atoms with van der Waals surface area (Å²) in [6.45, 7) is 3.80. The molecule has 0 saturated carbocycles. The molecule has 67 valence electrons. The zero-order chi connectivity index (χ0) is 9.84. The van der Waals surface area contributed by atoms with E-state index >= 15 is 0 Å². The molecule has 1 aromatic rings. The van der Waals surface area contributed by atoms with Gasteiger partial charge in [0.1, 0.15) is 0 Å². The molecule has 0 fully saturated rings. The molecule has 0 aliphatic carbocycles. The summed E-state index contributed by atoms with van der Waals surface area (Å²) in [5, 5.41) is 17.6. The third-order valence-corrected chi connectivity index (χ3v) is 2.77. The van der Waals surface area contributed by atoms with Crippen LogP contribution in [0.1, 0.15) is 17.0 Å². The highest BCUT2D eigenvalue weighted by Gasteiger charge is 2.08. The van der Waals surface area contributed by atoms with Crippen LogP contribution in [0.15, 0.2) is 18.2 Å². The van der Waals surface area contributed by atoms with Gasteiger partial charge in [-0.15, -0.1) is 0 Å².